The van der Waals surface area contributed by atoms with Crippen molar-refractivity contribution in [3.05, 3.63) is 70.9 Å². The summed E-state index contributed by atoms with van der Waals surface area (Å²) in [5.41, 5.74) is 1.25. The third-order valence-corrected chi connectivity index (χ3v) is 4.91. The number of hydrogen-bond donors (Lipinski definition) is 2. The Kier molecular flexibility index (Phi) is 8.50. The summed E-state index contributed by atoms with van der Waals surface area (Å²) in [4.78, 5) is 37.9. The number of nitrogens with one attached hydrogen (secondary N) is 2. The quantitative estimate of drug-likeness (QED) is 0.513. The summed E-state index contributed by atoms with van der Waals surface area (Å²) >= 11 is 0. The predicted molar refractivity (Wildman–Crippen MR) is 124 cm³/mol. The van der Waals surface area contributed by atoms with E-state index in [1.165, 1.54) is 6.07 Å². The van der Waals surface area contributed by atoms with E-state index in [2.05, 4.69) is 10.6 Å². The maximum absolute atomic E-state index is 12.8. The van der Waals surface area contributed by atoms with Gasteiger partial charge in [0.2, 0.25) is 0 Å². The van der Waals surface area contributed by atoms with E-state index in [0.717, 1.165) is 0 Å². The van der Waals surface area contributed by atoms with Gasteiger partial charge in [-0.1, -0.05) is 30.3 Å². The Bertz CT molecular complexity index is 1070. The molecule has 1 aliphatic heterocycles. The molecule has 1 heterocycles. The lowest BCUT2D eigenvalue weighted by molar-refractivity contribution is -0.139. The van der Waals surface area contributed by atoms with Crippen LogP contribution in [-0.2, 0) is 14.3 Å². The largest absolute Gasteiger partial charge is 0.490 e. The van der Waals surface area contributed by atoms with Crippen LogP contribution in [0.15, 0.2) is 59.8 Å². The van der Waals surface area contributed by atoms with E-state index < -0.39 is 24.0 Å². The second-order valence-electron chi connectivity index (χ2n) is 7.16. The van der Waals surface area contributed by atoms with Gasteiger partial charge in [-0.05, 0) is 44.5 Å². The van der Waals surface area contributed by atoms with Gasteiger partial charge < -0.3 is 29.6 Å². The van der Waals surface area contributed by atoms with Crippen molar-refractivity contribution in [2.45, 2.75) is 26.8 Å². The van der Waals surface area contributed by atoms with Crippen LogP contribution in [0.2, 0.25) is 0 Å². The molecule has 9 nitrogen and oxygen atoms in total. The second kappa shape index (κ2) is 11.7. The zero-order chi connectivity index (χ0) is 24.5. The Morgan fingerprint density at radius 2 is 1.56 bits per heavy atom. The highest BCUT2D eigenvalue weighted by atomic mass is 16.5. The fourth-order valence-corrected chi connectivity index (χ4v) is 3.48. The third kappa shape index (κ3) is 5.86. The smallest absolute Gasteiger partial charge is 0.338 e. The molecule has 2 N–H and O–H groups in total. The number of benzene rings is 2. The maximum Gasteiger partial charge on any atom is 0.338 e. The first-order valence-electron chi connectivity index (χ1n) is 11.1. The minimum absolute atomic E-state index is 0.150. The highest BCUT2D eigenvalue weighted by Crippen LogP contribution is 2.30. The lowest BCUT2D eigenvalue weighted by Gasteiger charge is -2.29. The molecule has 0 fully saturated rings. The van der Waals surface area contributed by atoms with Gasteiger partial charge in [-0.2, -0.15) is 0 Å². The van der Waals surface area contributed by atoms with E-state index >= 15 is 0 Å². The molecule has 3 rings (SSSR count). The van der Waals surface area contributed by atoms with Crippen molar-refractivity contribution in [1.29, 1.82) is 0 Å². The van der Waals surface area contributed by atoms with Gasteiger partial charge in [-0.3, -0.25) is 0 Å². The normalized spacial score (nSPS) is 15.1. The molecule has 0 aromatic heterocycles. The lowest BCUT2D eigenvalue weighted by Crippen LogP contribution is -2.47. The van der Waals surface area contributed by atoms with Gasteiger partial charge in [0.25, 0.3) is 0 Å². The summed E-state index contributed by atoms with van der Waals surface area (Å²) in [5.74, 6) is -0.326. The summed E-state index contributed by atoms with van der Waals surface area (Å²) in [6.45, 7) is 6.03. The minimum atomic E-state index is -0.752. The predicted octanol–water partition coefficient (Wildman–Crippen LogP) is 3.51. The summed E-state index contributed by atoms with van der Waals surface area (Å²) in [5, 5.41) is 5.31. The van der Waals surface area contributed by atoms with Gasteiger partial charge >= 0.3 is 18.0 Å². The van der Waals surface area contributed by atoms with Crippen molar-refractivity contribution in [2.24, 2.45) is 0 Å². The number of ether oxygens (including phenoxy) is 4. The van der Waals surface area contributed by atoms with Gasteiger partial charge in [0.05, 0.1) is 42.7 Å². The molecule has 1 unspecified atom stereocenters. The fourth-order valence-electron chi connectivity index (χ4n) is 3.48. The van der Waals surface area contributed by atoms with E-state index in [1.807, 2.05) is 19.9 Å². The van der Waals surface area contributed by atoms with Crippen LogP contribution in [0.25, 0.3) is 0 Å². The van der Waals surface area contributed by atoms with Gasteiger partial charge in [-0.25, -0.2) is 14.4 Å². The number of hydrogen-bond acceptors (Lipinski definition) is 7. The highest BCUT2D eigenvalue weighted by molar-refractivity contribution is 5.95. The molecule has 1 atom stereocenters. The van der Waals surface area contributed by atoms with E-state index in [0.29, 0.717) is 30.3 Å². The first-order chi connectivity index (χ1) is 16.5. The van der Waals surface area contributed by atoms with Crippen LogP contribution in [0, 0.1) is 0 Å². The topological polar surface area (TPSA) is 112 Å². The number of urea groups is 1. The van der Waals surface area contributed by atoms with Crippen molar-refractivity contribution in [3.63, 3.8) is 0 Å². The van der Waals surface area contributed by atoms with E-state index in [-0.39, 0.29) is 30.0 Å². The molecule has 0 aliphatic carbocycles. The molecule has 2 aromatic carbocycles. The van der Waals surface area contributed by atoms with Crippen molar-refractivity contribution in [1.82, 2.24) is 10.6 Å². The van der Waals surface area contributed by atoms with Crippen LogP contribution in [0.4, 0.5) is 4.79 Å². The SMILES string of the molecule is CCOC(=O)C1=C(COC(=O)c2ccc(OCC)c(OCC)c2)NC(=O)NC1c1ccccc1. The average molecular weight is 469 g/mol. The van der Waals surface area contributed by atoms with E-state index in [1.54, 1.807) is 43.3 Å². The van der Waals surface area contributed by atoms with Gasteiger partial charge in [0.15, 0.2) is 11.5 Å². The second-order valence-corrected chi connectivity index (χ2v) is 7.16. The first kappa shape index (κ1) is 24.6. The Morgan fingerprint density at radius 1 is 0.853 bits per heavy atom. The van der Waals surface area contributed by atoms with Gasteiger partial charge in [0.1, 0.15) is 6.61 Å². The monoisotopic (exact) mass is 468 g/mol. The molecule has 0 saturated carbocycles. The summed E-state index contributed by atoms with van der Waals surface area (Å²) < 4.78 is 21.7. The van der Waals surface area contributed by atoms with Crippen molar-refractivity contribution in [2.75, 3.05) is 26.4 Å². The van der Waals surface area contributed by atoms with Crippen molar-refractivity contribution in [3.8, 4) is 11.5 Å². The standard InChI is InChI=1S/C25H28N2O7/c1-4-31-19-13-12-17(14-20(19)32-5-2)23(28)34-15-18-21(24(29)33-6-3)22(27-25(30)26-18)16-10-8-7-9-11-16/h7-14,22H,4-6,15H2,1-3H3,(H2,26,27,30). The number of amides is 2. The molecule has 0 spiro atoms. The first-order valence-corrected chi connectivity index (χ1v) is 11.1. The fraction of sp³-hybridized carbons (Fsp3) is 0.320. The van der Waals surface area contributed by atoms with Crippen LogP contribution in [0.1, 0.15) is 42.7 Å². The maximum atomic E-state index is 12.8. The van der Waals surface area contributed by atoms with Crippen molar-refractivity contribution < 1.29 is 33.3 Å². The van der Waals surface area contributed by atoms with Crippen molar-refractivity contribution >= 4 is 18.0 Å². The third-order valence-electron chi connectivity index (χ3n) is 4.91. The molecule has 0 radical (unpaired) electrons. The highest BCUT2D eigenvalue weighted by Gasteiger charge is 2.34. The molecule has 34 heavy (non-hydrogen) atoms. The van der Waals surface area contributed by atoms with E-state index in [9.17, 15) is 14.4 Å². The van der Waals surface area contributed by atoms with Crippen LogP contribution in [0.5, 0.6) is 11.5 Å². The van der Waals surface area contributed by atoms with Gasteiger partial charge in [-0.15, -0.1) is 0 Å². The lowest BCUT2D eigenvalue weighted by atomic mass is 9.95. The van der Waals surface area contributed by atoms with Crippen LogP contribution in [-0.4, -0.2) is 44.4 Å². The Hall–Kier alpha value is -4.01. The van der Waals surface area contributed by atoms with Crippen LogP contribution in [0.3, 0.4) is 0 Å². The Morgan fingerprint density at radius 3 is 2.24 bits per heavy atom. The number of carbonyl (C=O) groups excluding carboxylic acids is 3. The Balaban J connectivity index is 1.87. The molecule has 1 aliphatic rings. The summed E-state index contributed by atoms with van der Waals surface area (Å²) in [6.07, 6.45) is 0. The number of esters is 2. The summed E-state index contributed by atoms with van der Waals surface area (Å²) in [7, 11) is 0. The van der Waals surface area contributed by atoms with Crippen LogP contribution < -0.4 is 20.1 Å². The van der Waals surface area contributed by atoms with Gasteiger partial charge in [0, 0.05) is 0 Å². The molecule has 9 heteroatoms. The molecule has 2 aromatic rings. The molecule has 2 amide bonds. The molecular weight excluding hydrogens is 440 g/mol. The number of carbonyl (C=O) groups is 3. The molecule has 0 bridgehead atoms. The number of rotatable bonds is 10. The molecular formula is C25H28N2O7. The minimum Gasteiger partial charge on any atom is -0.490 e. The average Bonchev–Trinajstić information content (AvgIpc) is 2.84. The van der Waals surface area contributed by atoms with E-state index in [4.69, 9.17) is 18.9 Å². The Labute approximate surface area is 198 Å². The summed E-state index contributed by atoms with van der Waals surface area (Å²) in [6, 6.07) is 12.5. The zero-order valence-electron chi connectivity index (χ0n) is 19.4. The molecule has 180 valence electrons. The zero-order valence-corrected chi connectivity index (χ0v) is 19.4. The van der Waals surface area contributed by atoms with Crippen LogP contribution >= 0.6 is 0 Å². The molecule has 0 saturated heterocycles.